The molecule has 0 spiro atoms. The molecule has 246 valence electrons. The van der Waals surface area contributed by atoms with Crippen LogP contribution in [-0.2, 0) is 23.2 Å². The Morgan fingerprint density at radius 1 is 0.957 bits per heavy atom. The maximum Gasteiger partial charge on any atom is 0.324 e. The molecule has 10 nitrogen and oxygen atoms in total. The van der Waals surface area contributed by atoms with Crippen molar-refractivity contribution in [1.82, 2.24) is 14.7 Å². The fraction of sp³-hybridized carbons (Fsp3) is 0.361. The van der Waals surface area contributed by atoms with Crippen LogP contribution in [0.15, 0.2) is 66.7 Å². The van der Waals surface area contributed by atoms with E-state index >= 15 is 0 Å². The smallest absolute Gasteiger partial charge is 0.324 e. The lowest BCUT2D eigenvalue weighted by Gasteiger charge is -2.32. The standard InChI is InChI=1S/C36H41FN6O4/c1-23-9-11-28(12-10-23)43-32(20-31(41-43)36(2,3)4)40-34(44)38-29-8-6-5-7-25(29)17-24-13-15-42(16-14-24)35(45)39-30-19-27(37)18-26-21-46-22-47-33(26)30/h5-12,18-20,24H,13-17,21-22H2,1-4H3,(H,39,45)(H2,38,40,44). The molecule has 2 aliphatic heterocycles. The number of rotatable bonds is 6. The van der Waals surface area contributed by atoms with Crippen molar-refractivity contribution in [3.05, 3.63) is 94.9 Å². The van der Waals surface area contributed by atoms with Crippen molar-refractivity contribution < 1.29 is 23.5 Å². The van der Waals surface area contributed by atoms with Gasteiger partial charge < -0.3 is 25.0 Å². The van der Waals surface area contributed by atoms with E-state index in [0.29, 0.717) is 41.8 Å². The molecule has 0 atom stereocenters. The molecule has 4 amide bonds. The minimum Gasteiger partial charge on any atom is -0.465 e. The number of nitrogens with one attached hydrogen (secondary N) is 3. The summed E-state index contributed by atoms with van der Waals surface area (Å²) >= 11 is 0. The molecule has 11 heteroatoms. The normalized spacial score (nSPS) is 15.0. The van der Waals surface area contributed by atoms with Crippen LogP contribution in [0.3, 0.4) is 0 Å². The molecule has 3 heterocycles. The van der Waals surface area contributed by atoms with E-state index in [-0.39, 0.29) is 30.9 Å². The number of likely N-dealkylation sites (tertiary alicyclic amines) is 1. The lowest BCUT2D eigenvalue weighted by molar-refractivity contribution is -0.0160. The van der Waals surface area contributed by atoms with E-state index < -0.39 is 5.82 Å². The van der Waals surface area contributed by atoms with Gasteiger partial charge in [-0.05, 0) is 61.9 Å². The molecule has 1 fully saturated rings. The number of aryl methyl sites for hydroxylation is 1. The summed E-state index contributed by atoms with van der Waals surface area (Å²) in [7, 11) is 0. The highest BCUT2D eigenvalue weighted by atomic mass is 19.1. The number of urea groups is 2. The van der Waals surface area contributed by atoms with Crippen LogP contribution >= 0.6 is 0 Å². The van der Waals surface area contributed by atoms with Crippen LogP contribution in [0.25, 0.3) is 5.69 Å². The molecule has 1 saturated heterocycles. The van der Waals surface area contributed by atoms with Crippen LogP contribution in [-0.4, -0.2) is 46.6 Å². The Kier molecular flexibility index (Phi) is 9.17. The van der Waals surface area contributed by atoms with Crippen molar-refractivity contribution in [2.75, 3.05) is 35.8 Å². The maximum atomic E-state index is 14.2. The zero-order valence-corrected chi connectivity index (χ0v) is 27.2. The first-order chi connectivity index (χ1) is 22.5. The molecule has 4 aromatic rings. The van der Waals surface area contributed by atoms with Crippen molar-refractivity contribution in [3.63, 3.8) is 0 Å². The monoisotopic (exact) mass is 640 g/mol. The SMILES string of the molecule is Cc1ccc(-n2nc(C(C)(C)C)cc2NC(=O)Nc2ccccc2CC2CCN(C(=O)Nc3cc(F)cc4c3OCOC4)CC2)cc1. The molecule has 0 radical (unpaired) electrons. The first kappa shape index (κ1) is 32.1. The van der Waals surface area contributed by atoms with Crippen LogP contribution in [0.1, 0.15) is 56.0 Å². The Balaban J connectivity index is 1.08. The minimum atomic E-state index is -0.459. The molecule has 47 heavy (non-hydrogen) atoms. The zero-order valence-electron chi connectivity index (χ0n) is 27.2. The third-order valence-electron chi connectivity index (χ3n) is 8.59. The number of hydrogen-bond acceptors (Lipinski definition) is 5. The van der Waals surface area contributed by atoms with Crippen molar-refractivity contribution >= 4 is 29.3 Å². The predicted molar refractivity (Wildman–Crippen MR) is 180 cm³/mol. The Labute approximate surface area is 274 Å². The van der Waals surface area contributed by atoms with E-state index in [1.807, 2.05) is 61.5 Å². The number of carbonyl (C=O) groups is 2. The number of fused-ring (bicyclic) bond motifs is 1. The third-order valence-corrected chi connectivity index (χ3v) is 8.59. The average molecular weight is 641 g/mol. The number of para-hydroxylation sites is 1. The van der Waals surface area contributed by atoms with Gasteiger partial charge in [-0.3, -0.25) is 5.32 Å². The van der Waals surface area contributed by atoms with Crippen molar-refractivity contribution in [1.29, 1.82) is 0 Å². The van der Waals surface area contributed by atoms with Crippen LogP contribution in [0.5, 0.6) is 5.75 Å². The second kappa shape index (κ2) is 13.4. The van der Waals surface area contributed by atoms with Crippen LogP contribution in [0.2, 0.25) is 0 Å². The Hall–Kier alpha value is -4.90. The highest BCUT2D eigenvalue weighted by molar-refractivity contribution is 6.00. The summed E-state index contributed by atoms with van der Waals surface area (Å²) < 4.78 is 26.7. The maximum absolute atomic E-state index is 14.2. The fourth-order valence-electron chi connectivity index (χ4n) is 5.93. The van der Waals surface area contributed by atoms with E-state index in [4.69, 9.17) is 14.6 Å². The quantitative estimate of drug-likeness (QED) is 0.201. The molecule has 0 unspecified atom stereocenters. The number of benzene rings is 3. The average Bonchev–Trinajstić information content (AvgIpc) is 3.47. The number of piperidine rings is 1. The zero-order chi connectivity index (χ0) is 33.1. The van der Waals surface area contributed by atoms with E-state index in [1.165, 1.54) is 12.1 Å². The van der Waals surface area contributed by atoms with Crippen LogP contribution in [0, 0.1) is 18.7 Å². The molecule has 1 aromatic heterocycles. The summed E-state index contributed by atoms with van der Waals surface area (Å²) in [5.74, 6) is 0.894. The summed E-state index contributed by atoms with van der Waals surface area (Å²) in [6.45, 7) is 9.72. The summed E-state index contributed by atoms with van der Waals surface area (Å²) in [4.78, 5) is 28.2. The highest BCUT2D eigenvalue weighted by Gasteiger charge is 2.26. The Morgan fingerprint density at radius 3 is 2.45 bits per heavy atom. The molecule has 2 aliphatic rings. The second-order valence-electron chi connectivity index (χ2n) is 13.3. The number of aromatic nitrogens is 2. The van der Waals surface area contributed by atoms with Gasteiger partial charge in [0.2, 0.25) is 0 Å². The first-order valence-corrected chi connectivity index (χ1v) is 16.0. The van der Waals surface area contributed by atoms with Gasteiger partial charge in [-0.25, -0.2) is 18.7 Å². The Bertz CT molecular complexity index is 1760. The van der Waals surface area contributed by atoms with E-state index in [1.54, 1.807) is 9.58 Å². The van der Waals surface area contributed by atoms with Gasteiger partial charge in [0.05, 0.1) is 23.7 Å². The van der Waals surface area contributed by atoms with Gasteiger partial charge in [0.1, 0.15) is 11.6 Å². The molecule has 0 aliphatic carbocycles. The van der Waals surface area contributed by atoms with Crippen molar-refractivity contribution in [2.45, 2.75) is 59.0 Å². The van der Waals surface area contributed by atoms with E-state index in [2.05, 4.69) is 36.7 Å². The van der Waals surface area contributed by atoms with Gasteiger partial charge in [0.25, 0.3) is 0 Å². The molecule has 0 saturated carbocycles. The predicted octanol–water partition coefficient (Wildman–Crippen LogP) is 7.61. The molecular formula is C36H41FN6O4. The van der Waals surface area contributed by atoms with Crippen molar-refractivity contribution in [2.24, 2.45) is 5.92 Å². The molecule has 3 N–H and O–H groups in total. The molecular weight excluding hydrogens is 599 g/mol. The summed E-state index contributed by atoms with van der Waals surface area (Å²) in [6, 6.07) is 19.7. The summed E-state index contributed by atoms with van der Waals surface area (Å²) in [5, 5.41) is 13.7. The van der Waals surface area contributed by atoms with Gasteiger partial charge in [-0.1, -0.05) is 56.7 Å². The molecule has 3 aromatic carbocycles. The number of hydrogen-bond donors (Lipinski definition) is 3. The number of ether oxygens (including phenoxy) is 2. The highest BCUT2D eigenvalue weighted by Crippen LogP contribution is 2.34. The topological polar surface area (TPSA) is 110 Å². The van der Waals surface area contributed by atoms with Gasteiger partial charge in [-0.2, -0.15) is 5.10 Å². The fourth-order valence-corrected chi connectivity index (χ4v) is 5.93. The summed E-state index contributed by atoms with van der Waals surface area (Å²) in [5.41, 5.74) is 5.31. The van der Waals surface area contributed by atoms with Gasteiger partial charge in [-0.15, -0.1) is 0 Å². The molecule has 0 bridgehead atoms. The second-order valence-corrected chi connectivity index (χ2v) is 13.3. The first-order valence-electron chi connectivity index (χ1n) is 16.0. The number of halogens is 1. The summed E-state index contributed by atoms with van der Waals surface area (Å²) in [6.07, 6.45) is 2.35. The molecule has 6 rings (SSSR count). The van der Waals surface area contributed by atoms with Crippen LogP contribution in [0.4, 0.5) is 31.2 Å². The number of carbonyl (C=O) groups excluding carboxylic acids is 2. The van der Waals surface area contributed by atoms with Gasteiger partial charge in [0, 0.05) is 41.9 Å². The lowest BCUT2D eigenvalue weighted by atomic mass is 9.89. The number of anilines is 3. The van der Waals surface area contributed by atoms with Crippen LogP contribution < -0.4 is 20.7 Å². The van der Waals surface area contributed by atoms with E-state index in [0.717, 1.165) is 47.5 Å². The Morgan fingerprint density at radius 2 is 1.70 bits per heavy atom. The van der Waals surface area contributed by atoms with E-state index in [9.17, 15) is 14.0 Å². The number of nitrogens with zero attached hydrogens (tertiary/aromatic N) is 3. The van der Waals surface area contributed by atoms with Gasteiger partial charge >= 0.3 is 12.1 Å². The van der Waals surface area contributed by atoms with Crippen molar-refractivity contribution in [3.8, 4) is 11.4 Å². The largest absolute Gasteiger partial charge is 0.465 e. The number of amides is 4. The minimum absolute atomic E-state index is 0.0567. The lowest BCUT2D eigenvalue weighted by Crippen LogP contribution is -2.41. The van der Waals surface area contributed by atoms with Gasteiger partial charge in [0.15, 0.2) is 12.5 Å². The third kappa shape index (κ3) is 7.57.